The molecule has 0 saturated carbocycles. The van der Waals surface area contributed by atoms with E-state index < -0.39 is 0 Å². The minimum atomic E-state index is -0.172. The average molecular weight is 320 g/mol. The molecule has 23 heavy (non-hydrogen) atoms. The van der Waals surface area contributed by atoms with Crippen LogP contribution >= 0.6 is 0 Å². The van der Waals surface area contributed by atoms with Crippen LogP contribution in [-0.2, 0) is 16.0 Å². The Morgan fingerprint density at radius 3 is 3.13 bits per heavy atom. The zero-order chi connectivity index (χ0) is 16.2. The first kappa shape index (κ1) is 15.5. The summed E-state index contributed by atoms with van der Waals surface area (Å²) < 4.78 is 15.6. The SMILES string of the molecule is COc1cc(CCC(=O)N2CCOC[C@H]2c2ncc(C)[nH]2)on1. The Morgan fingerprint density at radius 1 is 1.57 bits per heavy atom. The van der Waals surface area contributed by atoms with Crippen LogP contribution in [0.2, 0.25) is 0 Å². The molecule has 1 N–H and O–H groups in total. The van der Waals surface area contributed by atoms with Gasteiger partial charge in [0, 0.05) is 37.3 Å². The number of ether oxygens (including phenoxy) is 2. The van der Waals surface area contributed by atoms with Gasteiger partial charge in [-0.1, -0.05) is 0 Å². The van der Waals surface area contributed by atoms with Crippen LogP contribution in [0.15, 0.2) is 16.8 Å². The molecule has 3 heterocycles. The van der Waals surface area contributed by atoms with Gasteiger partial charge in [0.05, 0.1) is 20.3 Å². The maximum atomic E-state index is 12.6. The molecule has 0 aliphatic carbocycles. The predicted octanol–water partition coefficient (Wildman–Crippen LogP) is 1.25. The van der Waals surface area contributed by atoms with E-state index in [1.54, 1.807) is 12.3 Å². The van der Waals surface area contributed by atoms with Crippen LogP contribution in [0.3, 0.4) is 0 Å². The Kier molecular flexibility index (Phi) is 4.61. The summed E-state index contributed by atoms with van der Waals surface area (Å²) in [5.74, 6) is 1.86. The number of aromatic nitrogens is 3. The Labute approximate surface area is 133 Å². The number of nitrogens with one attached hydrogen (secondary N) is 1. The third-order valence-electron chi connectivity index (χ3n) is 3.82. The van der Waals surface area contributed by atoms with Crippen molar-refractivity contribution in [2.24, 2.45) is 0 Å². The van der Waals surface area contributed by atoms with Gasteiger partial charge in [-0.25, -0.2) is 4.98 Å². The van der Waals surface area contributed by atoms with E-state index in [2.05, 4.69) is 15.1 Å². The fourth-order valence-electron chi connectivity index (χ4n) is 2.61. The van der Waals surface area contributed by atoms with Gasteiger partial charge in [-0.2, -0.15) is 0 Å². The fourth-order valence-corrected chi connectivity index (χ4v) is 2.61. The minimum Gasteiger partial charge on any atom is -0.479 e. The van der Waals surface area contributed by atoms with E-state index >= 15 is 0 Å². The monoisotopic (exact) mass is 320 g/mol. The molecule has 0 aromatic carbocycles. The summed E-state index contributed by atoms with van der Waals surface area (Å²) in [5, 5.41) is 3.73. The molecule has 3 rings (SSSR count). The summed E-state index contributed by atoms with van der Waals surface area (Å²) in [6, 6.07) is 1.52. The van der Waals surface area contributed by atoms with Crippen LogP contribution < -0.4 is 4.74 Å². The third-order valence-corrected chi connectivity index (χ3v) is 3.82. The molecule has 2 aromatic rings. The molecule has 0 unspecified atom stereocenters. The van der Waals surface area contributed by atoms with Gasteiger partial charge in [0.15, 0.2) is 0 Å². The van der Waals surface area contributed by atoms with Crippen molar-refractivity contribution in [2.75, 3.05) is 26.9 Å². The van der Waals surface area contributed by atoms with Gasteiger partial charge in [-0.3, -0.25) is 4.79 Å². The second-order valence-corrected chi connectivity index (χ2v) is 5.46. The quantitative estimate of drug-likeness (QED) is 0.891. The van der Waals surface area contributed by atoms with E-state index in [0.717, 1.165) is 11.5 Å². The van der Waals surface area contributed by atoms with E-state index in [-0.39, 0.29) is 11.9 Å². The first-order valence-electron chi connectivity index (χ1n) is 7.55. The number of morpholine rings is 1. The summed E-state index contributed by atoms with van der Waals surface area (Å²) in [4.78, 5) is 21.9. The van der Waals surface area contributed by atoms with E-state index in [9.17, 15) is 4.79 Å². The molecule has 124 valence electrons. The second kappa shape index (κ2) is 6.82. The average Bonchev–Trinajstić information content (AvgIpc) is 3.21. The lowest BCUT2D eigenvalue weighted by atomic mass is 10.1. The van der Waals surface area contributed by atoms with Gasteiger partial charge in [0.1, 0.15) is 17.6 Å². The van der Waals surface area contributed by atoms with Crippen molar-refractivity contribution in [2.45, 2.75) is 25.8 Å². The van der Waals surface area contributed by atoms with Crippen LogP contribution in [0.4, 0.5) is 0 Å². The van der Waals surface area contributed by atoms with Crippen molar-refractivity contribution in [1.82, 2.24) is 20.0 Å². The molecule has 1 aliphatic heterocycles. The Balaban J connectivity index is 1.64. The highest BCUT2D eigenvalue weighted by molar-refractivity contribution is 5.77. The number of hydrogen-bond acceptors (Lipinski definition) is 6. The molecule has 1 saturated heterocycles. The summed E-state index contributed by atoms with van der Waals surface area (Å²) >= 11 is 0. The highest BCUT2D eigenvalue weighted by atomic mass is 16.5. The lowest BCUT2D eigenvalue weighted by Gasteiger charge is -2.34. The smallest absolute Gasteiger partial charge is 0.254 e. The van der Waals surface area contributed by atoms with Crippen LogP contribution in [0.5, 0.6) is 5.88 Å². The number of aromatic amines is 1. The highest BCUT2D eigenvalue weighted by Gasteiger charge is 2.30. The number of H-pyrrole nitrogens is 1. The standard InChI is InChI=1S/C15H20N4O4/c1-10-8-16-15(17-10)12-9-22-6-5-19(12)14(20)4-3-11-7-13(21-2)18-23-11/h7-8,12H,3-6,9H2,1-2H3,(H,16,17)/t12-/m0/s1. The van der Waals surface area contributed by atoms with Crippen molar-refractivity contribution >= 4 is 5.91 Å². The zero-order valence-corrected chi connectivity index (χ0v) is 13.2. The van der Waals surface area contributed by atoms with Crippen LogP contribution in [0, 0.1) is 6.92 Å². The minimum absolute atomic E-state index is 0.0442. The number of carbonyl (C=O) groups is 1. The Morgan fingerprint density at radius 2 is 2.43 bits per heavy atom. The topological polar surface area (TPSA) is 93.5 Å². The lowest BCUT2D eigenvalue weighted by molar-refractivity contribution is -0.140. The molecular formula is C15H20N4O4. The third kappa shape index (κ3) is 3.53. The van der Waals surface area contributed by atoms with E-state index in [0.29, 0.717) is 44.2 Å². The molecule has 1 aliphatic rings. The number of rotatable bonds is 5. The molecular weight excluding hydrogens is 300 g/mol. The Bertz CT molecular complexity index is 666. The molecule has 2 aromatic heterocycles. The predicted molar refractivity (Wildman–Crippen MR) is 80.0 cm³/mol. The number of amides is 1. The van der Waals surface area contributed by atoms with E-state index in [1.807, 2.05) is 11.8 Å². The van der Waals surface area contributed by atoms with Gasteiger partial charge < -0.3 is 23.9 Å². The number of methoxy groups -OCH3 is 1. The van der Waals surface area contributed by atoms with E-state index in [4.69, 9.17) is 14.0 Å². The summed E-state index contributed by atoms with van der Waals surface area (Å²) in [5.41, 5.74) is 0.965. The van der Waals surface area contributed by atoms with Crippen LogP contribution in [-0.4, -0.2) is 52.8 Å². The Hall–Kier alpha value is -2.35. The molecule has 1 atom stereocenters. The zero-order valence-electron chi connectivity index (χ0n) is 13.2. The van der Waals surface area contributed by atoms with Gasteiger partial charge in [-0.05, 0) is 12.1 Å². The first-order chi connectivity index (χ1) is 11.2. The number of hydrogen-bond donors (Lipinski definition) is 1. The maximum Gasteiger partial charge on any atom is 0.254 e. The number of imidazole rings is 1. The van der Waals surface area contributed by atoms with Crippen molar-refractivity contribution in [3.05, 3.63) is 29.5 Å². The number of aryl methyl sites for hydroxylation is 2. The molecule has 1 fully saturated rings. The van der Waals surface area contributed by atoms with Crippen molar-refractivity contribution in [3.63, 3.8) is 0 Å². The molecule has 0 spiro atoms. The first-order valence-corrected chi connectivity index (χ1v) is 7.55. The molecule has 0 bridgehead atoms. The normalized spacial score (nSPS) is 18.2. The van der Waals surface area contributed by atoms with Crippen molar-refractivity contribution in [1.29, 1.82) is 0 Å². The largest absolute Gasteiger partial charge is 0.479 e. The van der Waals surface area contributed by atoms with Gasteiger partial charge in [-0.15, -0.1) is 0 Å². The van der Waals surface area contributed by atoms with Gasteiger partial charge in [0.2, 0.25) is 5.91 Å². The molecule has 1 amide bonds. The van der Waals surface area contributed by atoms with Crippen molar-refractivity contribution in [3.8, 4) is 5.88 Å². The number of nitrogens with zero attached hydrogens (tertiary/aromatic N) is 3. The molecule has 8 heteroatoms. The number of carbonyl (C=O) groups excluding carboxylic acids is 1. The van der Waals surface area contributed by atoms with Crippen LogP contribution in [0.25, 0.3) is 0 Å². The lowest BCUT2D eigenvalue weighted by Crippen LogP contribution is -2.43. The second-order valence-electron chi connectivity index (χ2n) is 5.46. The van der Waals surface area contributed by atoms with Gasteiger partial charge >= 0.3 is 0 Å². The summed E-state index contributed by atoms with van der Waals surface area (Å²) in [6.45, 7) is 3.49. The summed E-state index contributed by atoms with van der Waals surface area (Å²) in [7, 11) is 1.52. The van der Waals surface area contributed by atoms with Crippen LogP contribution in [0.1, 0.15) is 29.7 Å². The van der Waals surface area contributed by atoms with E-state index in [1.165, 1.54) is 7.11 Å². The highest BCUT2D eigenvalue weighted by Crippen LogP contribution is 2.23. The van der Waals surface area contributed by atoms with Gasteiger partial charge in [0.25, 0.3) is 5.88 Å². The molecule has 8 nitrogen and oxygen atoms in total. The summed E-state index contributed by atoms with van der Waals surface area (Å²) in [6.07, 6.45) is 2.58. The van der Waals surface area contributed by atoms with Crippen molar-refractivity contribution < 1.29 is 18.8 Å². The maximum absolute atomic E-state index is 12.6. The fraction of sp³-hybridized carbons (Fsp3) is 0.533. The molecule has 0 radical (unpaired) electrons.